The lowest BCUT2D eigenvalue weighted by molar-refractivity contribution is -0.130. The summed E-state index contributed by atoms with van der Waals surface area (Å²) in [5.41, 5.74) is 2.40. The standard InChI is InChI=1S/C11H15N3O2.ClH/c1-14(2)11(15)7-16-10-3-8-4-12-5-9(8)6-13-10;/h3,6,12H,4-5,7H2,1-2H3;1H. The van der Waals surface area contributed by atoms with Crippen molar-refractivity contribution in [3.8, 4) is 5.88 Å². The highest BCUT2D eigenvalue weighted by atomic mass is 35.5. The van der Waals surface area contributed by atoms with Crippen molar-refractivity contribution in [1.82, 2.24) is 15.2 Å². The normalized spacial score (nSPS) is 12.6. The van der Waals surface area contributed by atoms with Gasteiger partial charge in [-0.25, -0.2) is 4.98 Å². The largest absolute Gasteiger partial charge is 0.468 e. The van der Waals surface area contributed by atoms with Crippen molar-refractivity contribution >= 4 is 18.3 Å². The fourth-order valence-electron chi connectivity index (χ4n) is 1.50. The Morgan fingerprint density at radius 1 is 1.47 bits per heavy atom. The van der Waals surface area contributed by atoms with E-state index in [0.29, 0.717) is 5.88 Å². The molecule has 5 nitrogen and oxygen atoms in total. The number of halogens is 1. The number of rotatable bonds is 3. The predicted octanol–water partition coefficient (Wildman–Crippen LogP) is 0.574. The molecule has 1 aromatic rings. The molecule has 1 amide bonds. The molecule has 0 radical (unpaired) electrons. The first-order chi connectivity index (χ1) is 7.66. The number of nitrogens with zero attached hydrogens (tertiary/aromatic N) is 2. The molecule has 0 unspecified atom stereocenters. The summed E-state index contributed by atoms with van der Waals surface area (Å²) < 4.78 is 5.32. The Morgan fingerprint density at radius 3 is 2.88 bits per heavy atom. The second kappa shape index (κ2) is 5.84. The van der Waals surface area contributed by atoms with Crippen LogP contribution in [0.2, 0.25) is 0 Å². The van der Waals surface area contributed by atoms with Crippen LogP contribution >= 0.6 is 12.4 Å². The van der Waals surface area contributed by atoms with Crippen LogP contribution < -0.4 is 10.1 Å². The molecule has 2 heterocycles. The quantitative estimate of drug-likeness (QED) is 0.860. The van der Waals surface area contributed by atoms with Gasteiger partial charge in [0.15, 0.2) is 6.61 Å². The maximum absolute atomic E-state index is 11.3. The minimum Gasteiger partial charge on any atom is -0.468 e. The summed E-state index contributed by atoms with van der Waals surface area (Å²) in [7, 11) is 3.40. The summed E-state index contributed by atoms with van der Waals surface area (Å²) in [6.07, 6.45) is 1.80. The van der Waals surface area contributed by atoms with Crippen molar-refractivity contribution in [2.24, 2.45) is 0 Å². The smallest absolute Gasteiger partial charge is 0.260 e. The zero-order valence-electron chi connectivity index (χ0n) is 9.90. The minimum absolute atomic E-state index is 0. The van der Waals surface area contributed by atoms with Gasteiger partial charge in [0, 0.05) is 39.4 Å². The SMILES string of the molecule is CN(C)C(=O)COc1cc2c(cn1)CNC2.Cl. The van der Waals surface area contributed by atoms with E-state index in [1.807, 2.05) is 6.07 Å². The fraction of sp³-hybridized carbons (Fsp3) is 0.455. The number of amides is 1. The van der Waals surface area contributed by atoms with Crippen LogP contribution in [-0.2, 0) is 17.9 Å². The Morgan fingerprint density at radius 2 is 2.18 bits per heavy atom. The van der Waals surface area contributed by atoms with E-state index in [9.17, 15) is 4.79 Å². The van der Waals surface area contributed by atoms with Crippen molar-refractivity contribution in [3.63, 3.8) is 0 Å². The lowest BCUT2D eigenvalue weighted by atomic mass is 10.2. The van der Waals surface area contributed by atoms with Crippen molar-refractivity contribution < 1.29 is 9.53 Å². The van der Waals surface area contributed by atoms with Gasteiger partial charge in [-0.05, 0) is 11.1 Å². The molecule has 94 valence electrons. The van der Waals surface area contributed by atoms with Crippen LogP contribution in [0.25, 0.3) is 0 Å². The van der Waals surface area contributed by atoms with Crippen LogP contribution in [0.15, 0.2) is 12.3 Å². The van der Waals surface area contributed by atoms with Crippen LogP contribution in [0.3, 0.4) is 0 Å². The number of carbonyl (C=O) groups is 1. The molecule has 6 heteroatoms. The third-order valence-electron chi connectivity index (χ3n) is 2.53. The molecule has 1 aromatic heterocycles. The molecule has 0 saturated heterocycles. The number of hydrogen-bond acceptors (Lipinski definition) is 4. The summed E-state index contributed by atoms with van der Waals surface area (Å²) in [6, 6.07) is 1.89. The van der Waals surface area contributed by atoms with Crippen LogP contribution in [0.1, 0.15) is 11.1 Å². The van der Waals surface area contributed by atoms with Gasteiger partial charge in [-0.1, -0.05) is 0 Å². The second-order valence-corrected chi connectivity index (χ2v) is 3.97. The molecule has 2 rings (SSSR count). The monoisotopic (exact) mass is 257 g/mol. The molecular weight excluding hydrogens is 242 g/mol. The van der Waals surface area contributed by atoms with Gasteiger partial charge in [0.25, 0.3) is 5.91 Å². The van der Waals surface area contributed by atoms with Gasteiger partial charge in [-0.3, -0.25) is 4.79 Å². The zero-order valence-corrected chi connectivity index (χ0v) is 10.7. The summed E-state index contributed by atoms with van der Waals surface area (Å²) >= 11 is 0. The minimum atomic E-state index is -0.0691. The Balaban J connectivity index is 0.00000144. The van der Waals surface area contributed by atoms with E-state index in [4.69, 9.17) is 4.74 Å². The van der Waals surface area contributed by atoms with E-state index in [1.165, 1.54) is 16.0 Å². The predicted molar refractivity (Wildman–Crippen MR) is 66.2 cm³/mol. The third kappa shape index (κ3) is 3.31. The molecule has 0 aromatic carbocycles. The van der Waals surface area contributed by atoms with Crippen LogP contribution in [0.4, 0.5) is 0 Å². The van der Waals surface area contributed by atoms with E-state index < -0.39 is 0 Å². The number of ether oxygens (including phenoxy) is 1. The first-order valence-corrected chi connectivity index (χ1v) is 5.18. The van der Waals surface area contributed by atoms with Gasteiger partial charge in [0.1, 0.15) is 0 Å². The summed E-state index contributed by atoms with van der Waals surface area (Å²) in [5, 5.41) is 3.23. The zero-order chi connectivity index (χ0) is 11.5. The van der Waals surface area contributed by atoms with Crippen LogP contribution in [-0.4, -0.2) is 36.5 Å². The van der Waals surface area contributed by atoms with Gasteiger partial charge in [-0.2, -0.15) is 0 Å². The number of carbonyl (C=O) groups excluding carboxylic acids is 1. The molecule has 0 bridgehead atoms. The Bertz CT molecular complexity index is 410. The average molecular weight is 258 g/mol. The number of pyridine rings is 1. The van der Waals surface area contributed by atoms with Crippen molar-refractivity contribution in [3.05, 3.63) is 23.4 Å². The molecule has 1 aliphatic rings. The molecule has 0 atom stereocenters. The van der Waals surface area contributed by atoms with Crippen molar-refractivity contribution in [2.45, 2.75) is 13.1 Å². The second-order valence-electron chi connectivity index (χ2n) is 3.97. The highest BCUT2D eigenvalue weighted by Crippen LogP contribution is 2.18. The van der Waals surface area contributed by atoms with Gasteiger partial charge in [0.2, 0.25) is 5.88 Å². The van der Waals surface area contributed by atoms with E-state index in [-0.39, 0.29) is 24.9 Å². The maximum atomic E-state index is 11.3. The topological polar surface area (TPSA) is 54.5 Å². The van der Waals surface area contributed by atoms with Gasteiger partial charge in [0.05, 0.1) is 0 Å². The summed E-state index contributed by atoms with van der Waals surface area (Å²) in [6.45, 7) is 1.74. The Kier molecular flexibility index (Phi) is 4.72. The number of likely N-dealkylation sites (N-methyl/N-ethyl adjacent to an activating group) is 1. The number of fused-ring (bicyclic) bond motifs is 1. The lowest BCUT2D eigenvalue weighted by Gasteiger charge is -2.11. The molecule has 0 spiro atoms. The van der Waals surface area contributed by atoms with E-state index in [2.05, 4.69) is 10.3 Å². The number of nitrogens with one attached hydrogen (secondary N) is 1. The average Bonchev–Trinajstić information content (AvgIpc) is 2.72. The van der Waals surface area contributed by atoms with Gasteiger partial charge in [-0.15, -0.1) is 12.4 Å². The van der Waals surface area contributed by atoms with Crippen molar-refractivity contribution in [1.29, 1.82) is 0 Å². The van der Waals surface area contributed by atoms with Gasteiger partial charge < -0.3 is 15.0 Å². The summed E-state index contributed by atoms with van der Waals surface area (Å²) in [4.78, 5) is 17.0. The molecule has 0 saturated carbocycles. The molecule has 1 N–H and O–H groups in total. The molecule has 0 fully saturated rings. The molecule has 0 aliphatic carbocycles. The van der Waals surface area contributed by atoms with Crippen LogP contribution in [0, 0.1) is 0 Å². The van der Waals surface area contributed by atoms with E-state index in [0.717, 1.165) is 13.1 Å². The third-order valence-corrected chi connectivity index (χ3v) is 2.53. The Hall–Kier alpha value is -1.33. The summed E-state index contributed by atoms with van der Waals surface area (Å²) in [5.74, 6) is 0.443. The molecule has 1 aliphatic heterocycles. The highest BCUT2D eigenvalue weighted by Gasteiger charge is 2.12. The lowest BCUT2D eigenvalue weighted by Crippen LogP contribution is -2.27. The number of hydrogen-bond donors (Lipinski definition) is 1. The van der Waals surface area contributed by atoms with E-state index >= 15 is 0 Å². The van der Waals surface area contributed by atoms with Crippen LogP contribution in [0.5, 0.6) is 5.88 Å². The maximum Gasteiger partial charge on any atom is 0.260 e. The van der Waals surface area contributed by atoms with E-state index in [1.54, 1.807) is 20.3 Å². The first kappa shape index (κ1) is 13.7. The Labute approximate surface area is 107 Å². The van der Waals surface area contributed by atoms with Crippen molar-refractivity contribution in [2.75, 3.05) is 20.7 Å². The van der Waals surface area contributed by atoms with Gasteiger partial charge >= 0.3 is 0 Å². The number of aromatic nitrogens is 1. The fourth-order valence-corrected chi connectivity index (χ4v) is 1.50. The molecular formula is C11H16ClN3O2. The highest BCUT2D eigenvalue weighted by molar-refractivity contribution is 5.85. The molecule has 17 heavy (non-hydrogen) atoms. The first-order valence-electron chi connectivity index (χ1n) is 5.18.